The number of hydrogen-bond donors (Lipinski definition) is 2. The van der Waals surface area contributed by atoms with E-state index in [9.17, 15) is 0 Å². The maximum Gasteiger partial charge on any atom is 0.125 e. The summed E-state index contributed by atoms with van der Waals surface area (Å²) in [4.78, 5) is 0. The van der Waals surface area contributed by atoms with Crippen LogP contribution < -0.4 is 11.1 Å². The molecule has 0 radical (unpaired) electrons. The predicted octanol–water partition coefficient (Wildman–Crippen LogP) is 2.17. The van der Waals surface area contributed by atoms with Gasteiger partial charge in [-0.1, -0.05) is 29.8 Å². The van der Waals surface area contributed by atoms with Crippen LogP contribution in [-0.2, 0) is 0 Å². The van der Waals surface area contributed by atoms with Crippen molar-refractivity contribution in [3.05, 3.63) is 35.9 Å². The summed E-state index contributed by atoms with van der Waals surface area (Å²) in [6.45, 7) is 3.71. The number of rotatable bonds is 2. The van der Waals surface area contributed by atoms with Gasteiger partial charge < -0.3 is 11.1 Å². The van der Waals surface area contributed by atoms with Gasteiger partial charge in [-0.05, 0) is 13.3 Å². The second kappa shape index (κ2) is 4.46. The number of nitrogens with one attached hydrogen (secondary N) is 1. The molecule has 0 aliphatic carbocycles. The number of benzene rings is 1. The molecule has 0 bridgehead atoms. The van der Waals surface area contributed by atoms with Crippen LogP contribution in [0.5, 0.6) is 0 Å². The highest BCUT2D eigenvalue weighted by Gasteiger charge is 2.20. The maximum absolute atomic E-state index is 5.80. The molecular formula is C14H18N4. The Morgan fingerprint density at radius 2 is 2.17 bits per heavy atom. The van der Waals surface area contributed by atoms with Gasteiger partial charge in [0, 0.05) is 24.7 Å². The summed E-state index contributed by atoms with van der Waals surface area (Å²) in [7, 11) is 0. The molecule has 0 saturated carbocycles. The van der Waals surface area contributed by atoms with Crippen molar-refractivity contribution in [3.63, 3.8) is 0 Å². The van der Waals surface area contributed by atoms with Gasteiger partial charge in [0.2, 0.25) is 0 Å². The molecule has 1 unspecified atom stereocenters. The normalized spacial score (nSPS) is 18.2. The third-order valence-electron chi connectivity index (χ3n) is 3.48. The lowest BCUT2D eigenvalue weighted by Crippen LogP contribution is -2.28. The van der Waals surface area contributed by atoms with Crippen LogP contribution in [0.1, 0.15) is 18.0 Å². The third-order valence-corrected chi connectivity index (χ3v) is 3.48. The van der Waals surface area contributed by atoms with E-state index in [0.717, 1.165) is 30.0 Å². The highest BCUT2D eigenvalue weighted by Crippen LogP contribution is 2.28. The van der Waals surface area contributed by atoms with Crippen LogP contribution in [0.15, 0.2) is 30.3 Å². The number of nitrogens with two attached hydrogens (primary N) is 1. The van der Waals surface area contributed by atoms with E-state index in [1.54, 1.807) is 0 Å². The Bertz CT molecular complexity index is 541. The number of anilines is 1. The molecule has 2 heterocycles. The largest absolute Gasteiger partial charge is 0.370 e. The van der Waals surface area contributed by atoms with Crippen LogP contribution in [0.25, 0.3) is 11.3 Å². The van der Waals surface area contributed by atoms with E-state index in [-0.39, 0.29) is 0 Å². The van der Waals surface area contributed by atoms with E-state index in [1.165, 1.54) is 5.56 Å². The average Bonchev–Trinajstić information content (AvgIpc) is 2.83. The molecule has 0 fully saturated rings. The minimum atomic E-state index is 0.320. The Labute approximate surface area is 107 Å². The standard InChI is InChI=1S/C14H18N4/c1-10-2-4-11(5-3-10)13-8-14-16-7-6-12(9-15)18(14)17-13/h2-5,8,12,16H,6-7,9,15H2,1H3. The second-order valence-corrected chi connectivity index (χ2v) is 4.83. The molecule has 1 aromatic carbocycles. The van der Waals surface area contributed by atoms with E-state index >= 15 is 0 Å². The lowest BCUT2D eigenvalue weighted by Gasteiger charge is -2.24. The topological polar surface area (TPSA) is 55.9 Å². The Morgan fingerprint density at radius 1 is 1.39 bits per heavy atom. The van der Waals surface area contributed by atoms with Crippen molar-refractivity contribution in [2.45, 2.75) is 19.4 Å². The molecule has 3 N–H and O–H groups in total. The monoisotopic (exact) mass is 242 g/mol. The van der Waals surface area contributed by atoms with E-state index in [4.69, 9.17) is 5.73 Å². The molecule has 1 aliphatic heterocycles. The summed E-state index contributed by atoms with van der Waals surface area (Å²) in [6, 6.07) is 10.9. The molecule has 1 aliphatic rings. The van der Waals surface area contributed by atoms with E-state index < -0.39 is 0 Å². The van der Waals surface area contributed by atoms with Crippen LogP contribution in [0.3, 0.4) is 0 Å². The first-order chi connectivity index (χ1) is 8.78. The third kappa shape index (κ3) is 1.88. The molecule has 0 saturated heterocycles. The maximum atomic E-state index is 5.80. The highest BCUT2D eigenvalue weighted by atomic mass is 15.4. The Kier molecular flexibility index (Phi) is 2.80. The van der Waals surface area contributed by atoms with E-state index in [1.807, 2.05) is 4.68 Å². The first kappa shape index (κ1) is 11.3. The molecule has 4 heteroatoms. The number of aromatic nitrogens is 2. The second-order valence-electron chi connectivity index (χ2n) is 4.83. The van der Waals surface area contributed by atoms with Gasteiger partial charge in [-0.3, -0.25) is 0 Å². The molecule has 2 aromatic rings. The molecule has 94 valence electrons. The zero-order chi connectivity index (χ0) is 12.5. The minimum absolute atomic E-state index is 0.320. The fourth-order valence-electron chi connectivity index (χ4n) is 2.38. The fourth-order valence-corrected chi connectivity index (χ4v) is 2.38. The van der Waals surface area contributed by atoms with Crippen molar-refractivity contribution < 1.29 is 0 Å². The quantitative estimate of drug-likeness (QED) is 0.848. The van der Waals surface area contributed by atoms with Gasteiger partial charge in [-0.25, -0.2) is 4.68 Å². The van der Waals surface area contributed by atoms with Crippen LogP contribution in [0.2, 0.25) is 0 Å². The SMILES string of the molecule is Cc1ccc(-c2cc3n(n2)C(CN)CCN3)cc1. The smallest absolute Gasteiger partial charge is 0.125 e. The van der Waals surface area contributed by atoms with Gasteiger partial charge in [-0.2, -0.15) is 5.10 Å². The minimum Gasteiger partial charge on any atom is -0.370 e. The van der Waals surface area contributed by atoms with Gasteiger partial charge in [-0.15, -0.1) is 0 Å². The van der Waals surface area contributed by atoms with Crippen molar-refractivity contribution in [1.29, 1.82) is 0 Å². The van der Waals surface area contributed by atoms with Crippen LogP contribution in [0.4, 0.5) is 5.82 Å². The summed E-state index contributed by atoms with van der Waals surface area (Å²) in [6.07, 6.45) is 1.04. The molecular weight excluding hydrogens is 224 g/mol. The van der Waals surface area contributed by atoms with E-state index in [0.29, 0.717) is 12.6 Å². The number of hydrogen-bond acceptors (Lipinski definition) is 3. The number of fused-ring (bicyclic) bond motifs is 1. The Morgan fingerprint density at radius 3 is 2.89 bits per heavy atom. The first-order valence-electron chi connectivity index (χ1n) is 6.38. The van der Waals surface area contributed by atoms with Gasteiger partial charge in [0.05, 0.1) is 11.7 Å². The summed E-state index contributed by atoms with van der Waals surface area (Å²) < 4.78 is 2.03. The van der Waals surface area contributed by atoms with E-state index in [2.05, 4.69) is 47.7 Å². The molecule has 0 amide bonds. The molecule has 1 aromatic heterocycles. The highest BCUT2D eigenvalue weighted by molar-refractivity contribution is 5.63. The predicted molar refractivity (Wildman–Crippen MR) is 73.6 cm³/mol. The molecule has 4 nitrogen and oxygen atoms in total. The molecule has 18 heavy (non-hydrogen) atoms. The van der Waals surface area contributed by atoms with Gasteiger partial charge in [0.1, 0.15) is 5.82 Å². The number of aryl methyl sites for hydroxylation is 1. The first-order valence-corrected chi connectivity index (χ1v) is 6.38. The Balaban J connectivity index is 1.99. The van der Waals surface area contributed by atoms with Gasteiger partial charge in [0.15, 0.2) is 0 Å². The van der Waals surface area contributed by atoms with Gasteiger partial charge in [0.25, 0.3) is 0 Å². The summed E-state index contributed by atoms with van der Waals surface area (Å²) in [5, 5.41) is 8.05. The van der Waals surface area contributed by atoms with Crippen LogP contribution in [-0.4, -0.2) is 22.9 Å². The Hall–Kier alpha value is -1.81. The van der Waals surface area contributed by atoms with Crippen molar-refractivity contribution in [3.8, 4) is 11.3 Å². The zero-order valence-electron chi connectivity index (χ0n) is 10.6. The average molecular weight is 242 g/mol. The zero-order valence-corrected chi connectivity index (χ0v) is 10.6. The lowest BCUT2D eigenvalue weighted by atomic mass is 10.1. The van der Waals surface area contributed by atoms with Crippen LogP contribution >= 0.6 is 0 Å². The van der Waals surface area contributed by atoms with Crippen molar-refractivity contribution in [1.82, 2.24) is 9.78 Å². The number of nitrogens with zero attached hydrogens (tertiary/aromatic N) is 2. The molecule has 3 rings (SSSR count). The summed E-state index contributed by atoms with van der Waals surface area (Å²) in [5.41, 5.74) is 9.23. The van der Waals surface area contributed by atoms with Crippen molar-refractivity contribution >= 4 is 5.82 Å². The lowest BCUT2D eigenvalue weighted by molar-refractivity contribution is 0.429. The van der Waals surface area contributed by atoms with Crippen LogP contribution in [0, 0.1) is 6.92 Å². The fraction of sp³-hybridized carbons (Fsp3) is 0.357. The summed E-state index contributed by atoms with van der Waals surface area (Å²) >= 11 is 0. The van der Waals surface area contributed by atoms with Crippen molar-refractivity contribution in [2.75, 3.05) is 18.4 Å². The molecule has 0 spiro atoms. The summed E-state index contributed by atoms with van der Waals surface area (Å²) in [5.74, 6) is 1.08. The van der Waals surface area contributed by atoms with Crippen molar-refractivity contribution in [2.24, 2.45) is 5.73 Å². The molecule has 1 atom stereocenters. The van der Waals surface area contributed by atoms with Gasteiger partial charge >= 0.3 is 0 Å².